The first-order valence-corrected chi connectivity index (χ1v) is 10.6. The number of carbonyl (C=O) groups excluding carboxylic acids is 1. The number of benzene rings is 2. The van der Waals surface area contributed by atoms with Crippen molar-refractivity contribution in [2.75, 3.05) is 26.0 Å². The Kier molecular flexibility index (Phi) is 6.45. The summed E-state index contributed by atoms with van der Waals surface area (Å²) in [6, 6.07) is 17.8. The minimum absolute atomic E-state index is 0.0302. The van der Waals surface area contributed by atoms with Crippen molar-refractivity contribution < 1.29 is 14.6 Å². The van der Waals surface area contributed by atoms with E-state index in [4.69, 9.17) is 4.74 Å². The van der Waals surface area contributed by atoms with Gasteiger partial charge in [0.2, 0.25) is 0 Å². The van der Waals surface area contributed by atoms with Crippen LogP contribution in [0.4, 0.5) is 0 Å². The molecule has 1 amide bonds. The number of carbonyl (C=O) groups is 1. The van der Waals surface area contributed by atoms with E-state index in [2.05, 4.69) is 0 Å². The topological polar surface area (TPSA) is 49.8 Å². The molecule has 144 valence electrons. The Balaban J connectivity index is 1.70. The van der Waals surface area contributed by atoms with Gasteiger partial charge in [-0.1, -0.05) is 30.3 Å². The molecule has 27 heavy (non-hydrogen) atoms. The fraction of sp³-hybridized carbons (Fsp3) is 0.409. The number of nitrogens with zero attached hydrogens (tertiary/aromatic N) is 1. The molecule has 2 aromatic carbocycles. The molecule has 3 rings (SSSR count). The van der Waals surface area contributed by atoms with Crippen molar-refractivity contribution in [3.05, 3.63) is 60.2 Å². The third-order valence-corrected chi connectivity index (χ3v) is 6.04. The number of hydrogen-bond acceptors (Lipinski definition) is 4. The lowest BCUT2D eigenvalue weighted by Crippen LogP contribution is -2.53. The molecule has 0 radical (unpaired) electrons. The lowest BCUT2D eigenvalue weighted by molar-refractivity contribution is -0.140. The van der Waals surface area contributed by atoms with Crippen LogP contribution in [-0.4, -0.2) is 48.0 Å². The van der Waals surface area contributed by atoms with Crippen molar-refractivity contribution in [3.8, 4) is 5.75 Å². The summed E-state index contributed by atoms with van der Waals surface area (Å²) in [5, 5.41) is 10.1. The predicted octanol–water partition coefficient (Wildman–Crippen LogP) is 3.73. The Bertz CT molecular complexity index is 750. The van der Waals surface area contributed by atoms with Gasteiger partial charge >= 0.3 is 0 Å². The highest BCUT2D eigenvalue weighted by Crippen LogP contribution is 2.34. The summed E-state index contributed by atoms with van der Waals surface area (Å²) < 4.78 is 5.87. The maximum Gasteiger partial charge on any atom is 0.263 e. The van der Waals surface area contributed by atoms with Crippen molar-refractivity contribution in [1.29, 1.82) is 0 Å². The van der Waals surface area contributed by atoms with E-state index in [0.717, 1.165) is 23.3 Å². The van der Waals surface area contributed by atoms with E-state index in [0.29, 0.717) is 18.8 Å². The number of amides is 1. The Labute approximate surface area is 165 Å². The minimum Gasteiger partial charge on any atom is -0.481 e. The highest BCUT2D eigenvalue weighted by Gasteiger charge is 2.39. The van der Waals surface area contributed by atoms with Crippen LogP contribution in [0.2, 0.25) is 0 Å². The molecule has 0 saturated carbocycles. The molecule has 2 atom stereocenters. The SMILES string of the molecule is CSc1ccc(O[C@H](C)C(=O)N2CCC[C@](CO)(c3ccccc3)C2)cc1. The van der Waals surface area contributed by atoms with E-state index >= 15 is 0 Å². The minimum atomic E-state index is -0.560. The molecule has 0 aliphatic carbocycles. The van der Waals surface area contributed by atoms with Crippen molar-refractivity contribution in [1.82, 2.24) is 4.90 Å². The number of rotatable bonds is 6. The average Bonchev–Trinajstić information content (AvgIpc) is 2.74. The molecule has 1 fully saturated rings. The number of thioether (sulfide) groups is 1. The molecule has 0 spiro atoms. The Morgan fingerprint density at radius 2 is 1.93 bits per heavy atom. The molecular formula is C22H27NO3S. The largest absolute Gasteiger partial charge is 0.481 e. The standard InChI is InChI=1S/C22H27NO3S/c1-17(26-19-9-11-20(27-2)12-10-19)21(25)23-14-6-13-22(15-23,16-24)18-7-4-3-5-8-18/h3-5,7-12,17,24H,6,13-16H2,1-2H3/t17-,22+/m1/s1. The smallest absolute Gasteiger partial charge is 0.263 e. The zero-order valence-corrected chi connectivity index (χ0v) is 16.7. The highest BCUT2D eigenvalue weighted by molar-refractivity contribution is 7.98. The third-order valence-electron chi connectivity index (χ3n) is 5.30. The third kappa shape index (κ3) is 4.47. The van der Waals surface area contributed by atoms with Crippen LogP contribution in [0.25, 0.3) is 0 Å². The van der Waals surface area contributed by atoms with Gasteiger partial charge in [-0.25, -0.2) is 0 Å². The zero-order valence-electron chi connectivity index (χ0n) is 15.9. The van der Waals surface area contributed by atoms with Crippen molar-refractivity contribution >= 4 is 17.7 Å². The van der Waals surface area contributed by atoms with Gasteiger partial charge in [0.05, 0.1) is 6.61 Å². The molecular weight excluding hydrogens is 358 g/mol. The Morgan fingerprint density at radius 1 is 1.22 bits per heavy atom. The van der Waals surface area contributed by atoms with Gasteiger partial charge in [-0.05, 0) is 55.9 Å². The summed E-state index contributed by atoms with van der Waals surface area (Å²) in [6.45, 7) is 3.05. The first-order chi connectivity index (χ1) is 13.1. The second-order valence-electron chi connectivity index (χ2n) is 7.10. The molecule has 0 aromatic heterocycles. The van der Waals surface area contributed by atoms with Crippen LogP contribution >= 0.6 is 11.8 Å². The van der Waals surface area contributed by atoms with Gasteiger partial charge in [-0.3, -0.25) is 4.79 Å². The zero-order chi connectivity index (χ0) is 19.3. The number of likely N-dealkylation sites (tertiary alicyclic amines) is 1. The van der Waals surface area contributed by atoms with E-state index in [1.54, 1.807) is 18.7 Å². The molecule has 0 unspecified atom stereocenters. The normalized spacial score (nSPS) is 20.9. The Morgan fingerprint density at radius 3 is 2.56 bits per heavy atom. The van der Waals surface area contributed by atoms with Crippen LogP contribution in [0.5, 0.6) is 5.75 Å². The maximum absolute atomic E-state index is 13.0. The van der Waals surface area contributed by atoms with Crippen LogP contribution in [-0.2, 0) is 10.2 Å². The van der Waals surface area contributed by atoms with Crippen LogP contribution in [0.15, 0.2) is 59.5 Å². The fourth-order valence-electron chi connectivity index (χ4n) is 3.73. The van der Waals surface area contributed by atoms with E-state index in [1.807, 2.05) is 65.8 Å². The average molecular weight is 386 g/mol. The molecule has 1 aliphatic rings. The van der Waals surface area contributed by atoms with Crippen molar-refractivity contribution in [2.45, 2.75) is 36.2 Å². The lowest BCUT2D eigenvalue weighted by atomic mass is 9.74. The van der Waals surface area contributed by atoms with Crippen molar-refractivity contribution in [3.63, 3.8) is 0 Å². The maximum atomic E-state index is 13.0. The number of ether oxygens (including phenoxy) is 1. The summed E-state index contributed by atoms with van der Waals surface area (Å²) in [7, 11) is 0. The summed E-state index contributed by atoms with van der Waals surface area (Å²) in [5.41, 5.74) is 0.695. The monoisotopic (exact) mass is 385 g/mol. The van der Waals surface area contributed by atoms with Gasteiger partial charge in [0.1, 0.15) is 5.75 Å². The Hall–Kier alpha value is -1.98. The van der Waals surface area contributed by atoms with Crippen molar-refractivity contribution in [2.24, 2.45) is 0 Å². The van der Waals surface area contributed by atoms with E-state index in [1.165, 1.54) is 0 Å². The molecule has 4 nitrogen and oxygen atoms in total. The first-order valence-electron chi connectivity index (χ1n) is 9.34. The quantitative estimate of drug-likeness (QED) is 0.770. The molecule has 1 saturated heterocycles. The van der Waals surface area contributed by atoms with Gasteiger partial charge in [0, 0.05) is 23.4 Å². The van der Waals surface area contributed by atoms with E-state index in [-0.39, 0.29) is 12.5 Å². The van der Waals surface area contributed by atoms with E-state index < -0.39 is 11.5 Å². The van der Waals surface area contributed by atoms with Gasteiger partial charge in [-0.2, -0.15) is 0 Å². The number of aliphatic hydroxyl groups excluding tert-OH is 1. The van der Waals surface area contributed by atoms with Gasteiger partial charge < -0.3 is 14.7 Å². The summed E-state index contributed by atoms with van der Waals surface area (Å²) in [4.78, 5) is 16.0. The summed E-state index contributed by atoms with van der Waals surface area (Å²) in [6.07, 6.45) is 3.22. The lowest BCUT2D eigenvalue weighted by Gasteiger charge is -2.42. The van der Waals surface area contributed by atoms with Crippen LogP contribution in [0, 0.1) is 0 Å². The fourth-order valence-corrected chi connectivity index (χ4v) is 4.14. The number of aliphatic hydroxyl groups is 1. The highest BCUT2D eigenvalue weighted by atomic mass is 32.2. The van der Waals surface area contributed by atoms with E-state index in [9.17, 15) is 9.90 Å². The van der Waals surface area contributed by atoms with Crippen LogP contribution < -0.4 is 4.74 Å². The molecule has 5 heteroatoms. The predicted molar refractivity (Wildman–Crippen MR) is 109 cm³/mol. The second-order valence-corrected chi connectivity index (χ2v) is 7.98. The van der Waals surface area contributed by atoms with Gasteiger partial charge in [0.15, 0.2) is 6.10 Å². The molecule has 1 aliphatic heterocycles. The molecule has 1 N–H and O–H groups in total. The second kappa shape index (κ2) is 8.81. The molecule has 2 aromatic rings. The molecule has 0 bridgehead atoms. The van der Waals surface area contributed by atoms with Crippen LogP contribution in [0.1, 0.15) is 25.3 Å². The number of hydrogen-bond donors (Lipinski definition) is 1. The number of piperidine rings is 1. The van der Waals surface area contributed by atoms with Gasteiger partial charge in [-0.15, -0.1) is 11.8 Å². The first kappa shape index (κ1) is 19.8. The van der Waals surface area contributed by atoms with Crippen LogP contribution in [0.3, 0.4) is 0 Å². The van der Waals surface area contributed by atoms with Gasteiger partial charge in [0.25, 0.3) is 5.91 Å². The molecule has 1 heterocycles. The summed E-state index contributed by atoms with van der Waals surface area (Å²) in [5.74, 6) is 0.666. The summed E-state index contributed by atoms with van der Waals surface area (Å²) >= 11 is 1.67.